The molecule has 0 saturated carbocycles. The summed E-state index contributed by atoms with van der Waals surface area (Å²) in [6.07, 6.45) is 7.76. The van der Waals surface area contributed by atoms with Crippen molar-refractivity contribution in [2.24, 2.45) is 0 Å². The fourth-order valence-electron chi connectivity index (χ4n) is 3.19. The highest BCUT2D eigenvalue weighted by Gasteiger charge is 2.20. The molecule has 1 N–H and O–H groups in total. The van der Waals surface area contributed by atoms with Crippen LogP contribution in [0.5, 0.6) is 0 Å². The number of ether oxygens (including phenoxy) is 1. The first kappa shape index (κ1) is 17.3. The van der Waals surface area contributed by atoms with E-state index in [9.17, 15) is 9.90 Å². The molecule has 0 bridgehead atoms. The second kappa shape index (κ2) is 7.16. The van der Waals surface area contributed by atoms with Crippen LogP contribution in [0, 0.1) is 0 Å². The van der Waals surface area contributed by atoms with Gasteiger partial charge in [0.2, 0.25) is 0 Å². The number of allylic oxidation sites excluding steroid dienone is 5. The number of hydrogen-bond acceptors (Lipinski definition) is 2. The van der Waals surface area contributed by atoms with Crippen molar-refractivity contribution in [2.45, 2.75) is 19.8 Å². The van der Waals surface area contributed by atoms with Gasteiger partial charge in [0.15, 0.2) is 0 Å². The van der Waals surface area contributed by atoms with E-state index in [0.29, 0.717) is 5.02 Å². The largest absolute Gasteiger partial charge is 0.496 e. The van der Waals surface area contributed by atoms with Crippen LogP contribution >= 0.6 is 11.6 Å². The van der Waals surface area contributed by atoms with Gasteiger partial charge in [-0.15, -0.1) is 0 Å². The molecule has 4 heteroatoms. The summed E-state index contributed by atoms with van der Waals surface area (Å²) in [6, 6.07) is 8.83. The second-order valence-corrected chi connectivity index (χ2v) is 6.27. The van der Waals surface area contributed by atoms with Crippen molar-refractivity contribution in [3.63, 3.8) is 0 Å². The number of fused-ring (bicyclic) bond motifs is 1. The van der Waals surface area contributed by atoms with Gasteiger partial charge in [0, 0.05) is 16.2 Å². The topological polar surface area (TPSA) is 46.5 Å². The van der Waals surface area contributed by atoms with Gasteiger partial charge < -0.3 is 9.84 Å². The van der Waals surface area contributed by atoms with Crippen LogP contribution in [0.4, 0.5) is 0 Å². The van der Waals surface area contributed by atoms with E-state index in [1.54, 1.807) is 19.2 Å². The highest BCUT2D eigenvalue weighted by atomic mass is 35.5. The van der Waals surface area contributed by atoms with Crippen molar-refractivity contribution in [1.29, 1.82) is 0 Å². The number of carboxylic acid groups (broad SMARTS) is 1. The number of hydrogen-bond donors (Lipinski definition) is 1. The molecule has 0 unspecified atom stereocenters. The Kier molecular flexibility index (Phi) is 4.95. The molecular weight excluding hydrogens is 336 g/mol. The summed E-state index contributed by atoms with van der Waals surface area (Å²) in [6.45, 7) is 2.10. The molecular formula is C21H19ClO3. The third-order valence-corrected chi connectivity index (χ3v) is 4.76. The van der Waals surface area contributed by atoms with Gasteiger partial charge in [0.25, 0.3) is 0 Å². The Hall–Kier alpha value is -2.52. The van der Waals surface area contributed by atoms with Crippen molar-refractivity contribution >= 4 is 33.9 Å². The van der Waals surface area contributed by atoms with Crippen LogP contribution in [0.2, 0.25) is 5.02 Å². The summed E-state index contributed by atoms with van der Waals surface area (Å²) in [7, 11) is 1.66. The summed E-state index contributed by atoms with van der Waals surface area (Å²) < 4.78 is 5.72. The standard InChI is InChI=1S/C21H19ClO3/c1-3-13-6-4-5-7-16(20(13)25-2)19-17-12-15(21(23)24)9-8-14(17)10-11-18(19)22/h4-5,7-12H,3,6H2,1-2H3,(H,23,24). The number of carboxylic acids is 1. The maximum Gasteiger partial charge on any atom is 0.335 e. The first-order valence-electron chi connectivity index (χ1n) is 8.16. The number of carbonyl (C=O) groups is 1. The minimum Gasteiger partial charge on any atom is -0.496 e. The predicted octanol–water partition coefficient (Wildman–Crippen LogP) is 5.85. The van der Waals surface area contributed by atoms with Crippen LogP contribution in [0.25, 0.3) is 16.3 Å². The van der Waals surface area contributed by atoms with Crippen LogP contribution in [-0.4, -0.2) is 18.2 Å². The van der Waals surface area contributed by atoms with E-state index in [0.717, 1.165) is 40.5 Å². The molecule has 128 valence electrons. The highest BCUT2D eigenvalue weighted by molar-refractivity contribution is 6.34. The molecule has 0 heterocycles. The smallest absolute Gasteiger partial charge is 0.335 e. The van der Waals surface area contributed by atoms with Crippen LogP contribution in [0.3, 0.4) is 0 Å². The maximum absolute atomic E-state index is 11.4. The Bertz CT molecular complexity index is 936. The number of halogens is 1. The SMILES string of the molecule is CCC1=C(OC)C(c2c(Cl)ccc3ccc(C(=O)O)cc23)=CC=CC1. The molecule has 0 spiro atoms. The monoisotopic (exact) mass is 354 g/mol. The Labute approximate surface area is 151 Å². The number of methoxy groups -OCH3 is 1. The Balaban J connectivity index is 2.35. The van der Waals surface area contributed by atoms with Crippen LogP contribution < -0.4 is 0 Å². The minimum atomic E-state index is -0.959. The third-order valence-electron chi connectivity index (χ3n) is 4.45. The zero-order valence-corrected chi connectivity index (χ0v) is 14.9. The summed E-state index contributed by atoms with van der Waals surface area (Å²) in [5.74, 6) is -0.151. The minimum absolute atomic E-state index is 0.236. The van der Waals surface area contributed by atoms with Crippen molar-refractivity contribution in [2.75, 3.05) is 7.11 Å². The van der Waals surface area contributed by atoms with Gasteiger partial charge in [0.05, 0.1) is 12.7 Å². The Morgan fingerprint density at radius 2 is 2.04 bits per heavy atom. The van der Waals surface area contributed by atoms with Gasteiger partial charge in [-0.2, -0.15) is 0 Å². The van der Waals surface area contributed by atoms with Gasteiger partial charge in [-0.05, 0) is 47.4 Å². The van der Waals surface area contributed by atoms with Crippen LogP contribution in [-0.2, 0) is 4.74 Å². The molecule has 0 atom stereocenters. The van der Waals surface area contributed by atoms with Crippen molar-refractivity contribution in [1.82, 2.24) is 0 Å². The Morgan fingerprint density at radius 3 is 2.72 bits per heavy atom. The molecule has 2 aromatic carbocycles. The molecule has 1 aliphatic rings. The van der Waals surface area contributed by atoms with E-state index in [1.165, 1.54) is 5.57 Å². The van der Waals surface area contributed by atoms with Crippen LogP contribution in [0.1, 0.15) is 35.7 Å². The van der Waals surface area contributed by atoms with Gasteiger partial charge >= 0.3 is 5.97 Å². The van der Waals surface area contributed by atoms with E-state index in [-0.39, 0.29) is 5.56 Å². The Morgan fingerprint density at radius 1 is 1.28 bits per heavy atom. The van der Waals surface area contributed by atoms with Gasteiger partial charge in [-0.3, -0.25) is 0 Å². The zero-order valence-electron chi connectivity index (χ0n) is 14.2. The molecule has 0 aliphatic heterocycles. The molecule has 3 nitrogen and oxygen atoms in total. The van der Waals surface area contributed by atoms with Gasteiger partial charge in [-0.1, -0.05) is 48.9 Å². The van der Waals surface area contributed by atoms with E-state index in [1.807, 2.05) is 30.4 Å². The van der Waals surface area contributed by atoms with E-state index >= 15 is 0 Å². The molecule has 1 aliphatic carbocycles. The fourth-order valence-corrected chi connectivity index (χ4v) is 3.46. The van der Waals surface area contributed by atoms with Crippen LogP contribution in [0.15, 0.2) is 59.9 Å². The third kappa shape index (κ3) is 3.20. The van der Waals surface area contributed by atoms with E-state index in [2.05, 4.69) is 13.0 Å². The van der Waals surface area contributed by atoms with Gasteiger partial charge in [0.1, 0.15) is 5.76 Å². The van der Waals surface area contributed by atoms with Crippen molar-refractivity contribution in [3.05, 3.63) is 76.0 Å². The lowest BCUT2D eigenvalue weighted by Crippen LogP contribution is -2.00. The quantitative estimate of drug-likeness (QED) is 0.749. The molecule has 3 rings (SSSR count). The second-order valence-electron chi connectivity index (χ2n) is 5.87. The molecule has 25 heavy (non-hydrogen) atoms. The molecule has 0 amide bonds. The lowest BCUT2D eigenvalue weighted by atomic mass is 9.93. The fraction of sp³-hybridized carbons (Fsp3) is 0.190. The normalized spacial score (nSPS) is 14.4. The molecule has 2 aromatic rings. The lowest BCUT2D eigenvalue weighted by Gasteiger charge is -2.18. The summed E-state index contributed by atoms with van der Waals surface area (Å²) in [5, 5.41) is 11.7. The average molecular weight is 355 g/mol. The molecule has 0 saturated heterocycles. The lowest BCUT2D eigenvalue weighted by molar-refractivity contribution is 0.0697. The summed E-state index contributed by atoms with van der Waals surface area (Å²) in [5.41, 5.74) is 3.10. The summed E-state index contributed by atoms with van der Waals surface area (Å²) >= 11 is 6.54. The van der Waals surface area contributed by atoms with Gasteiger partial charge in [-0.25, -0.2) is 4.79 Å². The number of aromatic carboxylic acids is 1. The first-order chi connectivity index (χ1) is 12.1. The number of benzene rings is 2. The van der Waals surface area contributed by atoms with E-state index in [4.69, 9.17) is 16.3 Å². The molecule has 0 aromatic heterocycles. The molecule has 0 radical (unpaired) electrons. The average Bonchev–Trinajstić information content (AvgIpc) is 2.82. The van der Waals surface area contributed by atoms with E-state index < -0.39 is 5.97 Å². The zero-order chi connectivity index (χ0) is 18.0. The number of rotatable bonds is 4. The van der Waals surface area contributed by atoms with Crippen molar-refractivity contribution in [3.8, 4) is 0 Å². The molecule has 0 fully saturated rings. The summed E-state index contributed by atoms with van der Waals surface area (Å²) in [4.78, 5) is 11.4. The predicted molar refractivity (Wildman–Crippen MR) is 102 cm³/mol. The maximum atomic E-state index is 11.4. The highest BCUT2D eigenvalue weighted by Crippen LogP contribution is 2.39. The van der Waals surface area contributed by atoms with Crippen molar-refractivity contribution < 1.29 is 14.6 Å². The first-order valence-corrected chi connectivity index (χ1v) is 8.53.